The van der Waals surface area contributed by atoms with Crippen molar-refractivity contribution < 1.29 is 5.48 Å². The van der Waals surface area contributed by atoms with Crippen LogP contribution in [0.2, 0.25) is 0 Å². The molecule has 0 saturated carbocycles. The molecule has 0 atom stereocenters. The molecule has 0 fully saturated rings. The summed E-state index contributed by atoms with van der Waals surface area (Å²) in [6.07, 6.45) is 8.09. The summed E-state index contributed by atoms with van der Waals surface area (Å²) in [5.74, 6) is 0. The molecule has 2 N–H and O–H groups in total. The van der Waals surface area contributed by atoms with Crippen LogP contribution in [-0.4, -0.2) is 30.0 Å². The van der Waals surface area contributed by atoms with Crippen LogP contribution in [-0.2, 0) is 0 Å². The van der Waals surface area contributed by atoms with Crippen LogP contribution in [0, 0.1) is 0 Å². The molecule has 0 amide bonds. The van der Waals surface area contributed by atoms with Gasteiger partial charge in [0.05, 0.1) is 0 Å². The van der Waals surface area contributed by atoms with E-state index in [4.69, 9.17) is 0 Å². The van der Waals surface area contributed by atoms with Gasteiger partial charge >= 0.3 is 0 Å². The Morgan fingerprint density at radius 2 is 0.929 bits per heavy atom. The Morgan fingerprint density at radius 1 is 0.643 bits per heavy atom. The van der Waals surface area contributed by atoms with Gasteiger partial charge in [0, 0.05) is 0 Å². The van der Waals surface area contributed by atoms with Crippen molar-refractivity contribution in [3.05, 3.63) is 0 Å². The van der Waals surface area contributed by atoms with Crippen LogP contribution in [0.4, 0.5) is 0 Å². The molecule has 0 spiro atoms. The fraction of sp³-hybridized carbons (Fsp3) is 1.00. The lowest BCUT2D eigenvalue weighted by Crippen LogP contribution is -2.27. The van der Waals surface area contributed by atoms with E-state index < -0.39 is 0 Å². The summed E-state index contributed by atoms with van der Waals surface area (Å²) in [5.41, 5.74) is 0. The molecule has 0 aliphatic rings. The summed E-state index contributed by atoms with van der Waals surface area (Å²) >= 11 is 0. The van der Waals surface area contributed by atoms with Crippen molar-refractivity contribution >= 4 is 0 Å². The zero-order valence-electron chi connectivity index (χ0n) is 10.3. The van der Waals surface area contributed by atoms with Crippen molar-refractivity contribution in [2.75, 3.05) is 19.6 Å². The molecular weight excluding hydrogens is 174 g/mol. The van der Waals surface area contributed by atoms with E-state index in [1.54, 1.807) is 0 Å². The minimum absolute atomic E-state index is 0. The van der Waals surface area contributed by atoms with E-state index in [0.717, 1.165) is 0 Å². The van der Waals surface area contributed by atoms with Crippen LogP contribution in [0.15, 0.2) is 0 Å². The summed E-state index contributed by atoms with van der Waals surface area (Å²) in [4.78, 5) is 2.64. The normalized spacial score (nSPS) is 10.3. The lowest BCUT2D eigenvalue weighted by molar-refractivity contribution is 0.261. The van der Waals surface area contributed by atoms with Gasteiger partial charge in [-0.2, -0.15) is 0 Å². The summed E-state index contributed by atoms with van der Waals surface area (Å²) in [6.45, 7) is 10.8. The average molecular weight is 203 g/mol. The molecule has 0 unspecified atom stereocenters. The number of unbranched alkanes of at least 4 members (excludes halogenated alkanes) is 3. The molecule has 0 heterocycles. The van der Waals surface area contributed by atoms with E-state index in [1.807, 2.05) is 0 Å². The molecule has 2 heteroatoms. The highest BCUT2D eigenvalue weighted by atomic mass is 16.0. The summed E-state index contributed by atoms with van der Waals surface area (Å²) in [5, 5.41) is 0. The number of hydrogen-bond donors (Lipinski definition) is 0. The van der Waals surface area contributed by atoms with Crippen molar-refractivity contribution in [1.29, 1.82) is 0 Å². The Bertz CT molecular complexity index is 77.3. The third-order valence-electron chi connectivity index (χ3n) is 2.48. The van der Waals surface area contributed by atoms with Crippen LogP contribution in [0.5, 0.6) is 0 Å². The molecule has 0 aliphatic carbocycles. The second-order valence-electron chi connectivity index (χ2n) is 3.90. The maximum atomic E-state index is 2.64. The van der Waals surface area contributed by atoms with Crippen LogP contribution in [0.1, 0.15) is 59.3 Å². The maximum Gasteiger partial charge on any atom is -0.00188 e. The first-order valence-electron chi connectivity index (χ1n) is 6.07. The molecule has 0 rings (SSSR count). The van der Waals surface area contributed by atoms with Gasteiger partial charge in [-0.25, -0.2) is 0 Å². The summed E-state index contributed by atoms with van der Waals surface area (Å²) in [7, 11) is 0. The maximum absolute atomic E-state index is 2.64. The van der Waals surface area contributed by atoms with Crippen molar-refractivity contribution in [3.63, 3.8) is 0 Å². The first kappa shape index (κ1) is 16.4. The minimum atomic E-state index is 0. The van der Waals surface area contributed by atoms with Crippen LogP contribution in [0.25, 0.3) is 0 Å². The predicted octanol–water partition coefficient (Wildman–Crippen LogP) is 2.86. The predicted molar refractivity (Wildman–Crippen MR) is 64.8 cm³/mol. The summed E-state index contributed by atoms with van der Waals surface area (Å²) in [6, 6.07) is 0. The van der Waals surface area contributed by atoms with E-state index in [2.05, 4.69) is 25.7 Å². The standard InChI is InChI=1S/C12H27N.H2O/c1-4-7-10-13(11-8-5-2)12-9-6-3;/h4-12H2,1-3H3;1H2. The zero-order chi connectivity index (χ0) is 9.94. The second-order valence-corrected chi connectivity index (χ2v) is 3.90. The second kappa shape index (κ2) is 12.9. The lowest BCUT2D eigenvalue weighted by Gasteiger charge is -2.21. The third kappa shape index (κ3) is 10.0. The minimum Gasteiger partial charge on any atom is -0.412 e. The molecule has 0 aromatic rings. The van der Waals surface area contributed by atoms with Gasteiger partial charge in [-0.15, -0.1) is 0 Å². The fourth-order valence-electron chi connectivity index (χ4n) is 1.48. The molecule has 2 nitrogen and oxygen atoms in total. The first-order chi connectivity index (χ1) is 6.35. The topological polar surface area (TPSA) is 34.7 Å². The van der Waals surface area contributed by atoms with Gasteiger partial charge in [-0.3, -0.25) is 0 Å². The first-order valence-corrected chi connectivity index (χ1v) is 6.07. The smallest absolute Gasteiger partial charge is 0.00188 e. The van der Waals surface area contributed by atoms with Crippen molar-refractivity contribution in [2.45, 2.75) is 59.3 Å². The number of rotatable bonds is 9. The van der Waals surface area contributed by atoms with Gasteiger partial charge < -0.3 is 10.4 Å². The number of hydrogen-bond acceptors (Lipinski definition) is 1. The van der Waals surface area contributed by atoms with Gasteiger partial charge in [-0.05, 0) is 38.9 Å². The van der Waals surface area contributed by atoms with E-state index in [-0.39, 0.29) is 5.48 Å². The SMILES string of the molecule is CCCCN(CCCC)CCCC.O. The highest BCUT2D eigenvalue weighted by molar-refractivity contribution is 4.57. The Morgan fingerprint density at radius 3 is 1.14 bits per heavy atom. The molecule has 0 aromatic heterocycles. The Kier molecular flexibility index (Phi) is 15.1. The van der Waals surface area contributed by atoms with Crippen molar-refractivity contribution in [2.24, 2.45) is 0 Å². The highest BCUT2D eigenvalue weighted by Gasteiger charge is 2.01. The van der Waals surface area contributed by atoms with E-state index >= 15 is 0 Å². The van der Waals surface area contributed by atoms with E-state index in [9.17, 15) is 0 Å². The molecule has 14 heavy (non-hydrogen) atoms. The molecule has 88 valence electrons. The summed E-state index contributed by atoms with van der Waals surface area (Å²) < 4.78 is 0. The Hall–Kier alpha value is -0.0800. The lowest BCUT2D eigenvalue weighted by atomic mass is 10.2. The Balaban J connectivity index is 0. The van der Waals surface area contributed by atoms with E-state index in [0.29, 0.717) is 0 Å². The average Bonchev–Trinajstić information content (AvgIpc) is 2.17. The van der Waals surface area contributed by atoms with Gasteiger partial charge in [-0.1, -0.05) is 40.0 Å². The largest absolute Gasteiger partial charge is 0.412 e. The molecule has 0 aromatic carbocycles. The highest BCUT2D eigenvalue weighted by Crippen LogP contribution is 2.01. The fourth-order valence-corrected chi connectivity index (χ4v) is 1.48. The molecular formula is C12H29NO. The van der Waals surface area contributed by atoms with Gasteiger partial charge in [0.15, 0.2) is 0 Å². The van der Waals surface area contributed by atoms with Gasteiger partial charge in [0.25, 0.3) is 0 Å². The van der Waals surface area contributed by atoms with Crippen molar-refractivity contribution in [1.82, 2.24) is 4.90 Å². The van der Waals surface area contributed by atoms with Crippen LogP contribution in [0.3, 0.4) is 0 Å². The molecule has 0 saturated heterocycles. The van der Waals surface area contributed by atoms with Crippen LogP contribution >= 0.6 is 0 Å². The van der Waals surface area contributed by atoms with Crippen molar-refractivity contribution in [3.8, 4) is 0 Å². The number of nitrogens with zero attached hydrogens (tertiary/aromatic N) is 1. The molecule has 0 bridgehead atoms. The molecule has 0 aliphatic heterocycles. The zero-order valence-corrected chi connectivity index (χ0v) is 10.3. The van der Waals surface area contributed by atoms with Crippen LogP contribution < -0.4 is 0 Å². The van der Waals surface area contributed by atoms with E-state index in [1.165, 1.54) is 58.2 Å². The Labute approximate surface area is 90.0 Å². The van der Waals surface area contributed by atoms with Gasteiger partial charge in [0.2, 0.25) is 0 Å². The quantitative estimate of drug-likeness (QED) is 0.567. The third-order valence-corrected chi connectivity index (χ3v) is 2.48. The monoisotopic (exact) mass is 203 g/mol. The molecule has 0 radical (unpaired) electrons. The van der Waals surface area contributed by atoms with Gasteiger partial charge in [0.1, 0.15) is 0 Å².